The zero-order valence-electron chi connectivity index (χ0n) is 16.6. The fourth-order valence-corrected chi connectivity index (χ4v) is 5.30. The predicted octanol–water partition coefficient (Wildman–Crippen LogP) is 2.91. The Balaban J connectivity index is 1.89. The Morgan fingerprint density at radius 2 is 1.89 bits per heavy atom. The van der Waals surface area contributed by atoms with Gasteiger partial charge in [0.05, 0.1) is 11.8 Å². The van der Waals surface area contributed by atoms with Crippen molar-refractivity contribution in [2.24, 2.45) is 17.8 Å². The number of imide groups is 1. The van der Waals surface area contributed by atoms with Crippen molar-refractivity contribution in [1.29, 1.82) is 0 Å². The molecule has 3 heterocycles. The number of hydrogen-bond acceptors (Lipinski definition) is 4. The molecule has 5 atom stereocenters. The standard InChI is InChI=1S/C21H26ClN3O3/c1-5-11(4)25-18(26)16-15(8-10(2)3)24-21(17(16)19(25)27)13-9-12(22)6-7-14(13)23-20(21)28/h6-7,9-11,15-17,24H,5,8H2,1-4H3,(H,23,28)/t11-,15-,16-,17+,21+/m1/s1. The van der Waals surface area contributed by atoms with E-state index in [9.17, 15) is 14.4 Å². The van der Waals surface area contributed by atoms with Crippen LogP contribution in [0.3, 0.4) is 0 Å². The van der Waals surface area contributed by atoms with Crippen molar-refractivity contribution in [3.05, 3.63) is 28.8 Å². The Labute approximate surface area is 170 Å². The van der Waals surface area contributed by atoms with E-state index in [1.807, 2.05) is 13.8 Å². The molecule has 3 amide bonds. The monoisotopic (exact) mass is 403 g/mol. The van der Waals surface area contributed by atoms with Crippen molar-refractivity contribution < 1.29 is 14.4 Å². The lowest BCUT2D eigenvalue weighted by Gasteiger charge is -2.31. The molecular formula is C21H26ClN3O3. The van der Waals surface area contributed by atoms with Crippen LogP contribution in [-0.4, -0.2) is 34.7 Å². The molecule has 2 N–H and O–H groups in total. The molecule has 0 saturated carbocycles. The predicted molar refractivity (Wildman–Crippen MR) is 107 cm³/mol. The first-order valence-corrected chi connectivity index (χ1v) is 10.4. The molecule has 0 aromatic heterocycles. The quantitative estimate of drug-likeness (QED) is 0.757. The van der Waals surface area contributed by atoms with E-state index in [1.165, 1.54) is 4.90 Å². The maximum atomic E-state index is 13.5. The molecule has 7 heteroatoms. The lowest BCUT2D eigenvalue weighted by atomic mass is 9.76. The summed E-state index contributed by atoms with van der Waals surface area (Å²) in [4.78, 5) is 41.4. The third kappa shape index (κ3) is 2.47. The van der Waals surface area contributed by atoms with Gasteiger partial charge < -0.3 is 5.32 Å². The molecule has 2 fully saturated rings. The van der Waals surface area contributed by atoms with Gasteiger partial charge in [0.15, 0.2) is 0 Å². The third-order valence-electron chi connectivity index (χ3n) is 6.47. The number of anilines is 1. The van der Waals surface area contributed by atoms with Crippen molar-refractivity contribution in [1.82, 2.24) is 10.2 Å². The van der Waals surface area contributed by atoms with Gasteiger partial charge in [0, 0.05) is 28.4 Å². The van der Waals surface area contributed by atoms with E-state index < -0.39 is 17.4 Å². The zero-order valence-corrected chi connectivity index (χ0v) is 17.3. The number of amides is 3. The molecule has 1 aromatic rings. The van der Waals surface area contributed by atoms with Gasteiger partial charge in [-0.15, -0.1) is 0 Å². The minimum atomic E-state index is -1.25. The first-order chi connectivity index (χ1) is 13.2. The molecule has 28 heavy (non-hydrogen) atoms. The number of halogens is 1. The summed E-state index contributed by atoms with van der Waals surface area (Å²) in [7, 11) is 0. The molecule has 0 aliphatic carbocycles. The molecule has 0 unspecified atom stereocenters. The minimum absolute atomic E-state index is 0.164. The molecule has 6 nitrogen and oxygen atoms in total. The highest BCUT2D eigenvalue weighted by molar-refractivity contribution is 6.31. The van der Waals surface area contributed by atoms with Crippen LogP contribution in [0.4, 0.5) is 5.69 Å². The Morgan fingerprint density at radius 3 is 2.54 bits per heavy atom. The molecule has 0 bridgehead atoms. The van der Waals surface area contributed by atoms with E-state index in [4.69, 9.17) is 11.6 Å². The lowest BCUT2D eigenvalue weighted by molar-refractivity contribution is -0.145. The number of nitrogens with zero attached hydrogens (tertiary/aromatic N) is 1. The summed E-state index contributed by atoms with van der Waals surface area (Å²) in [6.07, 6.45) is 1.39. The number of carbonyl (C=O) groups is 3. The van der Waals surface area contributed by atoms with Gasteiger partial charge in [-0.2, -0.15) is 0 Å². The van der Waals surface area contributed by atoms with Gasteiger partial charge in [0.1, 0.15) is 5.54 Å². The molecule has 3 aliphatic rings. The molecule has 150 valence electrons. The summed E-state index contributed by atoms with van der Waals surface area (Å²) >= 11 is 6.23. The Kier molecular flexibility index (Phi) is 4.55. The van der Waals surface area contributed by atoms with Crippen LogP contribution in [0.15, 0.2) is 18.2 Å². The van der Waals surface area contributed by atoms with Crippen LogP contribution in [-0.2, 0) is 19.9 Å². The summed E-state index contributed by atoms with van der Waals surface area (Å²) in [5, 5.41) is 6.82. The van der Waals surface area contributed by atoms with Crippen LogP contribution >= 0.6 is 11.6 Å². The number of rotatable bonds is 4. The Bertz CT molecular complexity index is 870. The van der Waals surface area contributed by atoms with Crippen LogP contribution in [0.2, 0.25) is 5.02 Å². The minimum Gasteiger partial charge on any atom is -0.324 e. The lowest BCUT2D eigenvalue weighted by Crippen LogP contribution is -2.54. The van der Waals surface area contributed by atoms with Crippen molar-refractivity contribution >= 4 is 35.0 Å². The summed E-state index contributed by atoms with van der Waals surface area (Å²) < 4.78 is 0. The second-order valence-corrected chi connectivity index (χ2v) is 9.08. The number of carbonyl (C=O) groups excluding carboxylic acids is 3. The number of fused-ring (bicyclic) bond motifs is 4. The van der Waals surface area contributed by atoms with E-state index in [1.54, 1.807) is 18.2 Å². The van der Waals surface area contributed by atoms with Crippen LogP contribution in [0.25, 0.3) is 0 Å². The first-order valence-electron chi connectivity index (χ1n) is 9.98. The number of nitrogens with one attached hydrogen (secondary N) is 2. The maximum absolute atomic E-state index is 13.5. The smallest absolute Gasteiger partial charge is 0.250 e. The first kappa shape index (κ1) is 19.4. The molecule has 1 aromatic carbocycles. The zero-order chi connectivity index (χ0) is 20.4. The average molecular weight is 404 g/mol. The second kappa shape index (κ2) is 6.56. The van der Waals surface area contributed by atoms with Crippen LogP contribution < -0.4 is 10.6 Å². The summed E-state index contributed by atoms with van der Waals surface area (Å²) in [5.41, 5.74) is 0.0610. The van der Waals surface area contributed by atoms with Crippen LogP contribution in [0.1, 0.15) is 46.1 Å². The fraction of sp³-hybridized carbons (Fsp3) is 0.571. The van der Waals surface area contributed by atoms with E-state index >= 15 is 0 Å². The summed E-state index contributed by atoms with van der Waals surface area (Å²) in [5.74, 6) is -1.68. The van der Waals surface area contributed by atoms with Crippen molar-refractivity contribution in [3.63, 3.8) is 0 Å². The molecule has 0 radical (unpaired) electrons. The average Bonchev–Trinajstić information content (AvgIpc) is 3.20. The van der Waals surface area contributed by atoms with Gasteiger partial charge in [-0.3, -0.25) is 24.6 Å². The van der Waals surface area contributed by atoms with Crippen LogP contribution in [0.5, 0.6) is 0 Å². The molecule has 1 spiro atoms. The van der Waals surface area contributed by atoms with Crippen molar-refractivity contribution in [3.8, 4) is 0 Å². The number of hydrogen-bond donors (Lipinski definition) is 2. The third-order valence-corrected chi connectivity index (χ3v) is 6.70. The van der Waals surface area contributed by atoms with Gasteiger partial charge in [0.2, 0.25) is 17.7 Å². The maximum Gasteiger partial charge on any atom is 0.250 e. The van der Waals surface area contributed by atoms with E-state index in [-0.39, 0.29) is 29.8 Å². The van der Waals surface area contributed by atoms with Gasteiger partial charge in [-0.05, 0) is 43.9 Å². The molecular weight excluding hydrogens is 378 g/mol. The highest BCUT2D eigenvalue weighted by atomic mass is 35.5. The molecule has 4 rings (SSSR count). The SMILES string of the molecule is CC[C@@H](C)N1C(=O)[C@H]2[C@@H](C1=O)[C@]1(N[C@@H]2CC(C)C)C(=O)Nc2ccc(Cl)cc21. The van der Waals surface area contributed by atoms with E-state index in [0.29, 0.717) is 35.0 Å². The van der Waals surface area contributed by atoms with E-state index in [0.717, 1.165) is 0 Å². The fourth-order valence-electron chi connectivity index (χ4n) is 5.12. The summed E-state index contributed by atoms with van der Waals surface area (Å²) in [6.45, 7) is 7.99. The number of benzene rings is 1. The highest BCUT2D eigenvalue weighted by Crippen LogP contribution is 2.54. The Hall–Kier alpha value is -1.92. The summed E-state index contributed by atoms with van der Waals surface area (Å²) in [6, 6.07) is 4.77. The largest absolute Gasteiger partial charge is 0.324 e. The molecule has 3 aliphatic heterocycles. The number of likely N-dealkylation sites (tertiary alicyclic amines) is 1. The molecule has 2 saturated heterocycles. The highest BCUT2D eigenvalue weighted by Gasteiger charge is 2.70. The second-order valence-electron chi connectivity index (χ2n) is 8.64. The Morgan fingerprint density at radius 1 is 1.18 bits per heavy atom. The van der Waals surface area contributed by atoms with Gasteiger partial charge in [-0.25, -0.2) is 0 Å². The topological polar surface area (TPSA) is 78.5 Å². The van der Waals surface area contributed by atoms with Crippen LogP contribution in [0, 0.1) is 17.8 Å². The normalized spacial score (nSPS) is 32.3. The van der Waals surface area contributed by atoms with Gasteiger partial charge >= 0.3 is 0 Å². The van der Waals surface area contributed by atoms with Crippen molar-refractivity contribution in [2.45, 2.75) is 58.2 Å². The van der Waals surface area contributed by atoms with Gasteiger partial charge in [0.25, 0.3) is 0 Å². The van der Waals surface area contributed by atoms with Crippen molar-refractivity contribution in [2.75, 3.05) is 5.32 Å². The van der Waals surface area contributed by atoms with Gasteiger partial charge in [-0.1, -0.05) is 32.4 Å². The van der Waals surface area contributed by atoms with E-state index in [2.05, 4.69) is 24.5 Å².